The molecule has 2 N–H and O–H groups in total. The Morgan fingerprint density at radius 3 is 1.60 bits per heavy atom. The molecule has 0 fully saturated rings. The number of aromatic carboxylic acids is 1. The second-order valence-corrected chi connectivity index (χ2v) is 16.3. The lowest BCUT2D eigenvalue weighted by Crippen LogP contribution is -2.24. The van der Waals surface area contributed by atoms with E-state index in [0.717, 1.165) is 22.3 Å². The molecule has 4 heterocycles. The number of carbonyl (C=O) groups excluding carboxylic acids is 3. The Labute approximate surface area is 382 Å². The number of carbonyl (C=O) groups is 4. The fraction of sp³-hybridized carbons (Fsp3) is 0.132. The number of hydrogen-bond donors (Lipinski definition) is 2. The number of phenolic OH excluding ortho intramolecular Hbond substituents is 1. The SMILES string of the molecule is CN(C)C(=O)c1c2c(c(O)c3ncccc13)C(=O)N(Cc1ccc(F)cc1)C2.O=C(O)c1c2c(c(OC(c3ccccc3)c3ccccc3)c3ncccc13)C(=O)N(Cc1ccc(F)cc1)C2. The first-order valence-corrected chi connectivity index (χ1v) is 21.2. The van der Waals surface area contributed by atoms with Gasteiger partial charge in [-0.15, -0.1) is 0 Å². The van der Waals surface area contributed by atoms with Gasteiger partial charge in [-0.3, -0.25) is 24.4 Å². The fourth-order valence-electron chi connectivity index (χ4n) is 8.69. The number of fused-ring (bicyclic) bond motifs is 4. The molecule has 0 saturated carbocycles. The van der Waals surface area contributed by atoms with E-state index in [1.54, 1.807) is 73.7 Å². The maximum atomic E-state index is 13.9. The number of halogens is 2. The molecule has 0 radical (unpaired) electrons. The van der Waals surface area contributed by atoms with Crippen LogP contribution >= 0.6 is 0 Å². The Kier molecular flexibility index (Phi) is 11.9. The Balaban J connectivity index is 0.000000177. The molecule has 0 unspecified atom stereocenters. The molecular weight excluding hydrogens is 857 g/mol. The average molecular weight is 898 g/mol. The zero-order chi connectivity index (χ0) is 46.9. The van der Waals surface area contributed by atoms with Crippen molar-refractivity contribution in [3.8, 4) is 11.5 Å². The Hall–Kier alpha value is -8.52. The highest BCUT2D eigenvalue weighted by Crippen LogP contribution is 2.44. The largest absolute Gasteiger partial charge is 0.505 e. The normalized spacial score (nSPS) is 12.9. The molecule has 8 aromatic rings. The number of aromatic hydroxyl groups is 1. The number of pyridine rings is 2. The second-order valence-electron chi connectivity index (χ2n) is 16.3. The maximum Gasteiger partial charge on any atom is 0.336 e. The van der Waals surface area contributed by atoms with Crippen molar-refractivity contribution < 1.29 is 42.9 Å². The first-order chi connectivity index (χ1) is 32.4. The smallest absolute Gasteiger partial charge is 0.336 e. The molecular formula is C53H41F2N5O7. The highest BCUT2D eigenvalue weighted by molar-refractivity contribution is 6.16. The lowest BCUT2D eigenvalue weighted by Gasteiger charge is -2.23. The summed E-state index contributed by atoms with van der Waals surface area (Å²) < 4.78 is 33.3. The summed E-state index contributed by atoms with van der Waals surface area (Å²) in [6, 6.07) is 37.8. The van der Waals surface area contributed by atoms with E-state index in [-0.39, 0.29) is 89.2 Å². The Morgan fingerprint density at radius 1 is 0.642 bits per heavy atom. The number of ether oxygens (including phenoxy) is 1. The van der Waals surface area contributed by atoms with Crippen molar-refractivity contribution in [3.63, 3.8) is 0 Å². The van der Waals surface area contributed by atoms with Crippen LogP contribution in [-0.2, 0) is 26.2 Å². The molecule has 0 bridgehead atoms. The topological polar surface area (TPSA) is 153 Å². The van der Waals surface area contributed by atoms with Gasteiger partial charge in [0.2, 0.25) is 0 Å². The summed E-state index contributed by atoms with van der Waals surface area (Å²) in [5.74, 6) is -2.84. The van der Waals surface area contributed by atoms with Gasteiger partial charge in [0.25, 0.3) is 17.7 Å². The summed E-state index contributed by atoms with van der Waals surface area (Å²) in [7, 11) is 3.27. The molecule has 2 aliphatic rings. The van der Waals surface area contributed by atoms with Gasteiger partial charge in [0.15, 0.2) is 11.5 Å². The molecule has 334 valence electrons. The predicted molar refractivity (Wildman–Crippen MR) is 245 cm³/mol. The van der Waals surface area contributed by atoms with E-state index in [4.69, 9.17) is 4.74 Å². The summed E-state index contributed by atoms with van der Waals surface area (Å²) in [6.45, 7) is 0.692. The number of rotatable bonds is 10. The monoisotopic (exact) mass is 897 g/mol. The lowest BCUT2D eigenvalue weighted by molar-refractivity contribution is 0.0692. The van der Waals surface area contributed by atoms with Gasteiger partial charge >= 0.3 is 5.97 Å². The number of aromatic nitrogens is 2. The number of phenols is 1. The number of carboxylic acid groups (broad SMARTS) is 1. The van der Waals surface area contributed by atoms with Crippen LogP contribution < -0.4 is 4.74 Å². The molecule has 2 aliphatic heterocycles. The van der Waals surface area contributed by atoms with Crippen molar-refractivity contribution in [1.29, 1.82) is 0 Å². The van der Waals surface area contributed by atoms with Crippen LogP contribution in [0.1, 0.15) is 80.9 Å². The molecule has 6 aromatic carbocycles. The number of benzene rings is 6. The maximum absolute atomic E-state index is 13.9. The molecule has 10 rings (SSSR count). The Morgan fingerprint density at radius 2 is 1.10 bits per heavy atom. The van der Waals surface area contributed by atoms with E-state index in [9.17, 15) is 38.2 Å². The molecule has 3 amide bonds. The van der Waals surface area contributed by atoms with E-state index in [0.29, 0.717) is 33.0 Å². The van der Waals surface area contributed by atoms with Crippen LogP contribution in [0.25, 0.3) is 21.8 Å². The van der Waals surface area contributed by atoms with Crippen molar-refractivity contribution in [1.82, 2.24) is 24.7 Å². The molecule has 12 nitrogen and oxygen atoms in total. The molecule has 14 heteroatoms. The van der Waals surface area contributed by atoms with Gasteiger partial charge in [-0.2, -0.15) is 0 Å². The summed E-state index contributed by atoms with van der Waals surface area (Å²) in [6.07, 6.45) is 2.49. The quantitative estimate of drug-likeness (QED) is 0.137. The number of nitrogens with zero attached hydrogens (tertiary/aromatic N) is 5. The van der Waals surface area contributed by atoms with Crippen LogP contribution in [0.4, 0.5) is 8.78 Å². The third-order valence-electron chi connectivity index (χ3n) is 11.8. The third kappa shape index (κ3) is 8.36. The number of hydrogen-bond acceptors (Lipinski definition) is 8. The summed E-state index contributed by atoms with van der Waals surface area (Å²) in [5, 5.41) is 21.9. The minimum absolute atomic E-state index is 0.0337. The van der Waals surface area contributed by atoms with Gasteiger partial charge < -0.3 is 29.6 Å². The van der Waals surface area contributed by atoms with E-state index in [1.165, 1.54) is 40.3 Å². The van der Waals surface area contributed by atoms with E-state index in [2.05, 4.69) is 9.97 Å². The highest BCUT2D eigenvalue weighted by atomic mass is 19.1. The molecule has 0 atom stereocenters. The van der Waals surface area contributed by atoms with Crippen LogP contribution in [0.2, 0.25) is 0 Å². The molecule has 2 aromatic heterocycles. The second kappa shape index (κ2) is 18.2. The zero-order valence-corrected chi connectivity index (χ0v) is 36.2. The van der Waals surface area contributed by atoms with Gasteiger partial charge in [0.05, 0.1) is 22.3 Å². The predicted octanol–water partition coefficient (Wildman–Crippen LogP) is 9.33. The van der Waals surface area contributed by atoms with Gasteiger partial charge in [-0.25, -0.2) is 13.6 Å². The van der Waals surface area contributed by atoms with Crippen LogP contribution in [0.5, 0.6) is 11.5 Å². The van der Waals surface area contributed by atoms with Gasteiger partial charge in [-0.05, 0) is 58.7 Å². The van der Waals surface area contributed by atoms with Crippen molar-refractivity contribution in [2.24, 2.45) is 0 Å². The van der Waals surface area contributed by atoms with Gasteiger partial charge in [-0.1, -0.05) is 97.1 Å². The molecule has 0 spiro atoms. The Bertz CT molecular complexity index is 3190. The first kappa shape index (κ1) is 43.7. The molecule has 67 heavy (non-hydrogen) atoms. The standard InChI is InChI=1S/C32H23FN2O4.C21H18FN3O3/c33-23-15-13-20(14-16-23)18-35-19-25-26(32(37)38)24-12-7-17-34-28(24)30(27(25)31(35)36)39-29(21-8-3-1-4-9-21)22-10-5-2-6-11-22;1-24(2)20(27)16-14-4-3-9-23-18(14)19(26)17-15(16)11-25(21(17)28)10-12-5-7-13(22)8-6-12/h1-17,29H,18-19H2,(H,37,38);3-9,26H,10-11H2,1-2H3. The van der Waals surface area contributed by atoms with E-state index in [1.807, 2.05) is 60.7 Å². The number of amides is 3. The van der Waals surface area contributed by atoms with Gasteiger partial charge in [0.1, 0.15) is 28.8 Å². The van der Waals surface area contributed by atoms with Crippen molar-refractivity contribution in [3.05, 3.63) is 213 Å². The number of carboxylic acids is 1. The molecule has 0 saturated heterocycles. The lowest BCUT2D eigenvalue weighted by atomic mass is 9.96. The average Bonchev–Trinajstić information content (AvgIpc) is 3.83. The van der Waals surface area contributed by atoms with Crippen LogP contribution in [0, 0.1) is 11.6 Å². The van der Waals surface area contributed by atoms with Gasteiger partial charge in [0, 0.05) is 74.6 Å². The fourth-order valence-corrected chi connectivity index (χ4v) is 8.69. The highest BCUT2D eigenvalue weighted by Gasteiger charge is 2.39. The van der Waals surface area contributed by atoms with E-state index < -0.39 is 12.1 Å². The van der Waals surface area contributed by atoms with Crippen LogP contribution in [0.3, 0.4) is 0 Å². The third-order valence-corrected chi connectivity index (χ3v) is 11.8. The van der Waals surface area contributed by atoms with Crippen LogP contribution in [0.15, 0.2) is 146 Å². The summed E-state index contributed by atoms with van der Waals surface area (Å²) >= 11 is 0. The van der Waals surface area contributed by atoms with Crippen molar-refractivity contribution >= 4 is 45.5 Å². The zero-order valence-electron chi connectivity index (χ0n) is 36.2. The van der Waals surface area contributed by atoms with Crippen LogP contribution in [-0.4, -0.2) is 72.7 Å². The van der Waals surface area contributed by atoms with Crippen molar-refractivity contribution in [2.45, 2.75) is 32.3 Å². The summed E-state index contributed by atoms with van der Waals surface area (Å²) in [5.41, 5.74) is 5.34. The minimum Gasteiger partial charge on any atom is -0.505 e. The molecule has 0 aliphatic carbocycles. The minimum atomic E-state index is -1.14. The summed E-state index contributed by atoms with van der Waals surface area (Å²) in [4.78, 5) is 65.5. The first-order valence-electron chi connectivity index (χ1n) is 21.2. The van der Waals surface area contributed by atoms with Crippen molar-refractivity contribution in [2.75, 3.05) is 14.1 Å². The van der Waals surface area contributed by atoms with E-state index >= 15 is 0 Å².